The lowest BCUT2D eigenvalue weighted by atomic mass is 10.0. The van der Waals surface area contributed by atoms with E-state index in [-0.39, 0.29) is 0 Å². The number of hydrogen-bond donors (Lipinski definition) is 2. The van der Waals surface area contributed by atoms with Crippen molar-refractivity contribution in [1.82, 2.24) is 0 Å². The molecule has 210 valence electrons. The minimum absolute atomic E-state index is 0.424. The van der Waals surface area contributed by atoms with Gasteiger partial charge in [0.2, 0.25) is 0 Å². The Kier molecular flexibility index (Phi) is 19.1. The zero-order valence-corrected chi connectivity index (χ0v) is 23.4. The van der Waals surface area contributed by atoms with Crippen LogP contribution in [0.15, 0.2) is 12.2 Å². The predicted molar refractivity (Wildman–Crippen MR) is 142 cm³/mol. The Morgan fingerprint density at radius 3 is 1.53 bits per heavy atom. The van der Waals surface area contributed by atoms with E-state index < -0.39 is 35.7 Å². The van der Waals surface area contributed by atoms with Crippen LogP contribution in [0.4, 0.5) is 0 Å². The first-order valence-corrected chi connectivity index (χ1v) is 14.2. The molecule has 0 fully saturated rings. The van der Waals surface area contributed by atoms with Crippen LogP contribution in [0.1, 0.15) is 111 Å². The van der Waals surface area contributed by atoms with Gasteiger partial charge in [-0.05, 0) is 12.8 Å². The highest BCUT2D eigenvalue weighted by Crippen LogP contribution is 2.21. The van der Waals surface area contributed by atoms with Gasteiger partial charge in [0.25, 0.3) is 0 Å². The highest BCUT2D eigenvalue weighted by molar-refractivity contribution is 5.69. The van der Waals surface area contributed by atoms with Gasteiger partial charge in [0.05, 0.1) is 38.0 Å². The highest BCUT2D eigenvalue weighted by Gasteiger charge is 2.30. The van der Waals surface area contributed by atoms with Crippen LogP contribution in [0.3, 0.4) is 0 Å². The average Bonchev–Trinajstić information content (AvgIpc) is 2.84. The Bertz CT molecular complexity index is 588. The second-order valence-electron chi connectivity index (χ2n) is 10.8. The predicted octanol–water partition coefficient (Wildman–Crippen LogP) is 5.28. The van der Waals surface area contributed by atoms with Crippen molar-refractivity contribution in [2.45, 2.75) is 111 Å². The average molecular weight is 512 g/mol. The van der Waals surface area contributed by atoms with Gasteiger partial charge in [-0.1, -0.05) is 84.8 Å². The first kappa shape index (κ1) is 34.1. The van der Waals surface area contributed by atoms with Crippen LogP contribution < -0.4 is 5.11 Å². The third kappa shape index (κ3) is 16.7. The molecule has 0 radical (unpaired) electrons. The Morgan fingerprint density at radius 1 is 0.667 bits per heavy atom. The van der Waals surface area contributed by atoms with Crippen molar-refractivity contribution >= 4 is 17.9 Å². The maximum absolute atomic E-state index is 11.4. The number of carboxylic acids is 3. The van der Waals surface area contributed by atoms with E-state index in [2.05, 4.69) is 19.1 Å². The van der Waals surface area contributed by atoms with Gasteiger partial charge in [0.15, 0.2) is 0 Å². The molecule has 0 bridgehead atoms. The number of carbonyl (C=O) groups excluding carboxylic acids is 1. The number of quaternary nitrogens is 1. The van der Waals surface area contributed by atoms with Crippen molar-refractivity contribution in [2.75, 3.05) is 26.2 Å². The summed E-state index contributed by atoms with van der Waals surface area (Å²) in [5.74, 6) is -4.39. The molecule has 3 unspecified atom stereocenters. The third-order valence-corrected chi connectivity index (χ3v) is 7.52. The molecule has 0 rings (SSSR count). The molecule has 0 aliphatic rings. The number of allylic oxidation sites excluding steroid dienone is 1. The van der Waals surface area contributed by atoms with Crippen LogP contribution in [0.2, 0.25) is 0 Å². The summed E-state index contributed by atoms with van der Waals surface area (Å²) in [5, 5.41) is 30.1. The molecule has 0 aliphatic carbocycles. The van der Waals surface area contributed by atoms with E-state index in [1.807, 2.05) is 0 Å². The number of rotatable bonds is 24. The Balaban J connectivity index is 5.03. The Labute approximate surface area is 219 Å². The summed E-state index contributed by atoms with van der Waals surface area (Å²) in [6.45, 7) is 9.72. The molecule has 0 heterocycles. The minimum atomic E-state index is -1.09. The van der Waals surface area contributed by atoms with Crippen LogP contribution in [-0.4, -0.2) is 58.8 Å². The second-order valence-corrected chi connectivity index (χ2v) is 10.8. The summed E-state index contributed by atoms with van der Waals surface area (Å²) in [5.41, 5.74) is 0. The second kappa shape index (κ2) is 20.2. The van der Waals surface area contributed by atoms with Gasteiger partial charge in [0.1, 0.15) is 0 Å². The molecule has 0 aromatic heterocycles. The van der Waals surface area contributed by atoms with E-state index in [0.29, 0.717) is 43.4 Å². The van der Waals surface area contributed by atoms with E-state index in [0.717, 1.165) is 19.4 Å². The molecule has 0 amide bonds. The molecular weight excluding hydrogens is 458 g/mol. The van der Waals surface area contributed by atoms with E-state index in [4.69, 9.17) is 0 Å². The van der Waals surface area contributed by atoms with Crippen LogP contribution in [-0.2, 0) is 14.4 Å². The van der Waals surface area contributed by atoms with Crippen LogP contribution in [0, 0.1) is 17.8 Å². The lowest BCUT2D eigenvalue weighted by molar-refractivity contribution is -0.929. The number of carboxylic acid groups (broad SMARTS) is 3. The van der Waals surface area contributed by atoms with Crippen molar-refractivity contribution < 1.29 is 34.2 Å². The van der Waals surface area contributed by atoms with Gasteiger partial charge in [-0.15, -0.1) is 0 Å². The van der Waals surface area contributed by atoms with E-state index in [1.165, 1.54) is 51.4 Å². The summed E-state index contributed by atoms with van der Waals surface area (Å²) in [6.07, 6.45) is 17.9. The minimum Gasteiger partial charge on any atom is -0.550 e. The molecule has 36 heavy (non-hydrogen) atoms. The molecule has 0 aromatic rings. The van der Waals surface area contributed by atoms with Gasteiger partial charge >= 0.3 is 11.9 Å². The van der Waals surface area contributed by atoms with Crippen LogP contribution >= 0.6 is 0 Å². The number of nitrogens with zero attached hydrogens (tertiary/aromatic N) is 1. The van der Waals surface area contributed by atoms with E-state index in [1.54, 1.807) is 20.8 Å². The van der Waals surface area contributed by atoms with Crippen molar-refractivity contribution in [3.05, 3.63) is 12.2 Å². The summed E-state index contributed by atoms with van der Waals surface area (Å²) in [4.78, 5) is 34.2. The van der Waals surface area contributed by atoms with Gasteiger partial charge < -0.3 is 24.6 Å². The molecule has 0 spiro atoms. The lowest BCUT2D eigenvalue weighted by Crippen LogP contribution is -2.52. The maximum Gasteiger partial charge on any atom is 0.306 e. The zero-order valence-electron chi connectivity index (χ0n) is 23.4. The first-order valence-electron chi connectivity index (χ1n) is 14.2. The smallest absolute Gasteiger partial charge is 0.306 e. The molecular formula is C29H53NO6. The largest absolute Gasteiger partial charge is 0.550 e. The SMILES string of the molecule is CCCCCCCCCC/C=C/CC[N+](CCC(C)C(=O)[O-])(CCC(C)C(=O)O)CCC(C)C(=O)O. The molecule has 0 saturated heterocycles. The summed E-state index contributed by atoms with van der Waals surface area (Å²) >= 11 is 0. The van der Waals surface area contributed by atoms with E-state index in [9.17, 15) is 29.7 Å². The molecule has 0 aliphatic heterocycles. The standard InChI is InChI=1S/C29H53NO6/c1-5-6-7-8-9-10-11-12-13-14-15-16-20-30(21-17-24(2)27(31)32,22-18-25(3)28(33)34)23-19-26(4)29(35)36/h14-15,24-26H,5-13,16-23H2,1-4H3,(H2-,31,32,33,34,35,36)/b15-14+. The number of hydrogen-bond acceptors (Lipinski definition) is 4. The van der Waals surface area contributed by atoms with Crippen molar-refractivity contribution in [1.29, 1.82) is 0 Å². The van der Waals surface area contributed by atoms with Crippen LogP contribution in [0.25, 0.3) is 0 Å². The topological polar surface area (TPSA) is 115 Å². The highest BCUT2D eigenvalue weighted by atomic mass is 16.4. The number of aliphatic carboxylic acids is 3. The molecule has 7 heteroatoms. The Morgan fingerprint density at radius 2 is 1.08 bits per heavy atom. The number of carbonyl (C=O) groups is 3. The molecule has 3 atom stereocenters. The number of unbranched alkanes of at least 4 members (excludes halogenated alkanes) is 8. The Hall–Kier alpha value is -1.89. The maximum atomic E-state index is 11.4. The third-order valence-electron chi connectivity index (χ3n) is 7.52. The summed E-state index contributed by atoms with van der Waals surface area (Å²) in [7, 11) is 0. The molecule has 2 N–H and O–H groups in total. The monoisotopic (exact) mass is 511 g/mol. The van der Waals surface area contributed by atoms with E-state index >= 15 is 0 Å². The molecule has 0 aromatic carbocycles. The van der Waals surface area contributed by atoms with Gasteiger partial charge in [0, 0.05) is 37.6 Å². The zero-order chi connectivity index (χ0) is 27.4. The quantitative estimate of drug-likeness (QED) is 0.104. The summed E-state index contributed by atoms with van der Waals surface area (Å²) in [6, 6.07) is 0. The van der Waals surface area contributed by atoms with Crippen molar-refractivity contribution in [2.24, 2.45) is 17.8 Å². The van der Waals surface area contributed by atoms with Crippen molar-refractivity contribution in [3.8, 4) is 0 Å². The normalized spacial score (nSPS) is 15.9. The fraction of sp³-hybridized carbons (Fsp3) is 0.828. The summed E-state index contributed by atoms with van der Waals surface area (Å²) < 4.78 is 0.537. The van der Waals surface area contributed by atoms with Gasteiger partial charge in [-0.2, -0.15) is 0 Å². The van der Waals surface area contributed by atoms with Crippen molar-refractivity contribution in [3.63, 3.8) is 0 Å². The first-order chi connectivity index (χ1) is 17.0. The molecule has 7 nitrogen and oxygen atoms in total. The van der Waals surface area contributed by atoms with Gasteiger partial charge in [-0.3, -0.25) is 9.59 Å². The van der Waals surface area contributed by atoms with Crippen LogP contribution in [0.5, 0.6) is 0 Å². The van der Waals surface area contributed by atoms with Gasteiger partial charge in [-0.25, -0.2) is 0 Å². The fourth-order valence-corrected chi connectivity index (χ4v) is 4.42. The molecule has 0 saturated carbocycles. The fourth-order valence-electron chi connectivity index (χ4n) is 4.42. The lowest BCUT2D eigenvalue weighted by Gasteiger charge is -2.40.